The van der Waals surface area contributed by atoms with Crippen LogP contribution < -0.4 is 10.6 Å². The normalized spacial score (nSPS) is 17.3. The predicted molar refractivity (Wildman–Crippen MR) is 149 cm³/mol. The number of nitrogens with zero attached hydrogens (tertiary/aromatic N) is 1. The molecule has 6 heteroatoms. The Morgan fingerprint density at radius 1 is 1.00 bits per heavy atom. The van der Waals surface area contributed by atoms with Crippen LogP contribution in [0.2, 0.25) is 0 Å². The van der Waals surface area contributed by atoms with Gasteiger partial charge in [-0.15, -0.1) is 0 Å². The van der Waals surface area contributed by atoms with Crippen molar-refractivity contribution < 1.29 is 14.3 Å². The summed E-state index contributed by atoms with van der Waals surface area (Å²) < 4.78 is 5.39. The van der Waals surface area contributed by atoms with E-state index in [1.165, 1.54) is 0 Å². The summed E-state index contributed by atoms with van der Waals surface area (Å²) in [7, 11) is 0. The Bertz CT molecular complexity index is 1080. The molecule has 198 valence electrons. The summed E-state index contributed by atoms with van der Waals surface area (Å²) in [6.07, 6.45) is 7.35. The molecular weight excluding hydrogens is 462 g/mol. The third-order valence-corrected chi connectivity index (χ3v) is 7.25. The van der Waals surface area contributed by atoms with E-state index in [4.69, 9.17) is 4.74 Å². The molecule has 0 unspecified atom stereocenters. The van der Waals surface area contributed by atoms with Crippen LogP contribution in [0.15, 0.2) is 60.7 Å². The molecule has 2 aromatic carbocycles. The number of piperidine rings is 1. The average molecular weight is 504 g/mol. The van der Waals surface area contributed by atoms with Gasteiger partial charge in [-0.3, -0.25) is 9.69 Å². The van der Waals surface area contributed by atoms with Crippen LogP contribution in [0.1, 0.15) is 64.5 Å². The highest BCUT2D eigenvalue weighted by Gasteiger charge is 2.47. The summed E-state index contributed by atoms with van der Waals surface area (Å²) in [5.74, 6) is 0.0745. The topological polar surface area (TPSA) is 70.7 Å². The van der Waals surface area contributed by atoms with Gasteiger partial charge in [0.05, 0.1) is 0 Å². The number of hydrogen-bond donors (Lipinski definition) is 2. The van der Waals surface area contributed by atoms with E-state index in [1.54, 1.807) is 0 Å². The lowest BCUT2D eigenvalue weighted by Crippen LogP contribution is -2.46. The first-order valence-corrected chi connectivity index (χ1v) is 13.6. The number of carbonyl (C=O) groups excluding carboxylic acids is 2. The smallest absolute Gasteiger partial charge is 0.407 e. The molecule has 2 aromatic rings. The van der Waals surface area contributed by atoms with Crippen molar-refractivity contribution in [3.8, 4) is 11.1 Å². The van der Waals surface area contributed by atoms with Crippen molar-refractivity contribution >= 4 is 12.0 Å². The van der Waals surface area contributed by atoms with Crippen molar-refractivity contribution in [3.05, 3.63) is 71.8 Å². The highest BCUT2D eigenvalue weighted by molar-refractivity contribution is 6.00. The molecule has 0 bridgehead atoms. The second kappa shape index (κ2) is 11.5. The van der Waals surface area contributed by atoms with Crippen LogP contribution in [0.25, 0.3) is 11.1 Å². The second-order valence-electron chi connectivity index (χ2n) is 11.1. The molecule has 1 aliphatic carbocycles. The molecule has 0 saturated carbocycles. The number of ether oxygens (including phenoxy) is 1. The van der Waals surface area contributed by atoms with Crippen LogP contribution in [-0.4, -0.2) is 54.7 Å². The van der Waals surface area contributed by atoms with Crippen molar-refractivity contribution in [2.24, 2.45) is 0 Å². The van der Waals surface area contributed by atoms with Gasteiger partial charge in [-0.1, -0.05) is 67.6 Å². The van der Waals surface area contributed by atoms with Gasteiger partial charge >= 0.3 is 6.09 Å². The molecule has 2 aliphatic rings. The molecule has 2 N–H and O–H groups in total. The fraction of sp³-hybridized carbons (Fsp3) is 0.484. The van der Waals surface area contributed by atoms with Crippen molar-refractivity contribution in [1.82, 2.24) is 15.5 Å². The summed E-state index contributed by atoms with van der Waals surface area (Å²) in [6.45, 7) is 11.0. The molecule has 1 heterocycles. The van der Waals surface area contributed by atoms with Gasteiger partial charge in [-0.25, -0.2) is 4.79 Å². The number of allylic oxidation sites excluding steroid dienone is 1. The molecule has 0 aromatic heterocycles. The molecule has 2 amide bonds. The van der Waals surface area contributed by atoms with E-state index < -0.39 is 11.0 Å². The van der Waals surface area contributed by atoms with E-state index in [-0.39, 0.29) is 18.0 Å². The molecular formula is C31H41N3O3. The van der Waals surface area contributed by atoms with Gasteiger partial charge in [-0.05, 0) is 68.7 Å². The first-order valence-electron chi connectivity index (χ1n) is 13.6. The lowest BCUT2D eigenvalue weighted by molar-refractivity contribution is -0.125. The Morgan fingerprint density at radius 3 is 2.16 bits per heavy atom. The van der Waals surface area contributed by atoms with Crippen LogP contribution in [0.4, 0.5) is 4.79 Å². The number of likely N-dealkylation sites (tertiary alicyclic amines) is 1. The van der Waals surface area contributed by atoms with Crippen LogP contribution in [0.3, 0.4) is 0 Å². The van der Waals surface area contributed by atoms with Crippen LogP contribution in [0, 0.1) is 0 Å². The lowest BCUT2D eigenvalue weighted by atomic mass is 9.74. The van der Waals surface area contributed by atoms with Crippen molar-refractivity contribution in [3.63, 3.8) is 0 Å². The molecule has 4 rings (SSSR count). The third-order valence-electron chi connectivity index (χ3n) is 7.25. The van der Waals surface area contributed by atoms with Gasteiger partial charge in [0.1, 0.15) is 11.0 Å². The van der Waals surface area contributed by atoms with Gasteiger partial charge in [0.15, 0.2) is 0 Å². The van der Waals surface area contributed by atoms with E-state index in [9.17, 15) is 9.59 Å². The number of amides is 2. The Morgan fingerprint density at radius 2 is 1.59 bits per heavy atom. The molecule has 1 aliphatic heterocycles. The number of rotatable bonds is 8. The van der Waals surface area contributed by atoms with Crippen LogP contribution in [0.5, 0.6) is 0 Å². The number of nitrogens with one attached hydrogen (secondary N) is 2. The Kier molecular flexibility index (Phi) is 8.38. The summed E-state index contributed by atoms with van der Waals surface area (Å²) in [5.41, 5.74) is 3.27. The summed E-state index contributed by atoms with van der Waals surface area (Å²) in [5, 5.41) is 6.20. The molecule has 6 nitrogen and oxygen atoms in total. The SMILES string of the molecule is CCCNC(=O)C1(CC=CCN2CCC(NC(=O)OC(C)(C)C)CC2)c2ccccc2-c2ccccc21. The number of fused-ring (bicyclic) bond motifs is 3. The van der Waals surface area contributed by atoms with E-state index in [2.05, 4.69) is 58.9 Å². The standard InChI is InChI=1S/C31H41N3O3/c1-5-19-32-28(35)31(26-14-8-6-12-24(26)25-13-7-9-15-27(25)31)18-10-11-20-34-21-16-23(17-22-34)33-29(36)37-30(2,3)4/h6-15,23H,5,16-22H2,1-4H3,(H,32,35)(H,33,36). The Balaban J connectivity index is 1.42. The number of benzene rings is 2. The summed E-state index contributed by atoms with van der Waals surface area (Å²) >= 11 is 0. The second-order valence-corrected chi connectivity index (χ2v) is 11.1. The van der Waals surface area contributed by atoms with Gasteiger partial charge in [0.25, 0.3) is 0 Å². The number of carbonyl (C=O) groups is 2. The maximum absolute atomic E-state index is 13.8. The van der Waals surface area contributed by atoms with Crippen LogP contribution >= 0.6 is 0 Å². The van der Waals surface area contributed by atoms with Crippen molar-refractivity contribution in [2.75, 3.05) is 26.2 Å². The largest absolute Gasteiger partial charge is 0.444 e. The van der Waals surface area contributed by atoms with E-state index >= 15 is 0 Å². The highest BCUT2D eigenvalue weighted by atomic mass is 16.6. The van der Waals surface area contributed by atoms with Crippen molar-refractivity contribution in [1.29, 1.82) is 0 Å². The summed E-state index contributed by atoms with van der Waals surface area (Å²) in [4.78, 5) is 28.2. The molecule has 1 fully saturated rings. The van der Waals surface area contributed by atoms with Gasteiger partial charge < -0.3 is 15.4 Å². The maximum atomic E-state index is 13.8. The zero-order chi connectivity index (χ0) is 26.5. The molecule has 37 heavy (non-hydrogen) atoms. The Labute approximate surface area is 221 Å². The third kappa shape index (κ3) is 6.07. The van der Waals surface area contributed by atoms with Gasteiger partial charge in [-0.2, -0.15) is 0 Å². The van der Waals surface area contributed by atoms with E-state index in [1.807, 2.05) is 45.0 Å². The number of alkyl carbamates (subject to hydrolysis) is 1. The first kappa shape index (κ1) is 26.9. The highest BCUT2D eigenvalue weighted by Crippen LogP contribution is 2.51. The fourth-order valence-corrected chi connectivity index (χ4v) is 5.49. The quantitative estimate of drug-likeness (QED) is 0.472. The maximum Gasteiger partial charge on any atom is 0.407 e. The molecule has 0 atom stereocenters. The minimum Gasteiger partial charge on any atom is -0.444 e. The lowest BCUT2D eigenvalue weighted by Gasteiger charge is -2.32. The average Bonchev–Trinajstić information content (AvgIpc) is 3.16. The first-order chi connectivity index (χ1) is 17.7. The molecule has 0 radical (unpaired) electrons. The number of hydrogen-bond acceptors (Lipinski definition) is 4. The predicted octanol–water partition coefficient (Wildman–Crippen LogP) is 5.41. The summed E-state index contributed by atoms with van der Waals surface area (Å²) in [6, 6.07) is 16.8. The van der Waals surface area contributed by atoms with Gasteiger partial charge in [0, 0.05) is 32.2 Å². The van der Waals surface area contributed by atoms with Crippen LogP contribution in [-0.2, 0) is 14.9 Å². The Hall–Kier alpha value is -3.12. The minimum atomic E-state index is -0.719. The zero-order valence-corrected chi connectivity index (χ0v) is 22.7. The van der Waals surface area contributed by atoms with E-state index in [0.29, 0.717) is 13.0 Å². The molecule has 0 spiro atoms. The monoisotopic (exact) mass is 503 g/mol. The minimum absolute atomic E-state index is 0.0745. The van der Waals surface area contributed by atoms with E-state index in [0.717, 1.165) is 61.2 Å². The van der Waals surface area contributed by atoms with Gasteiger partial charge in [0.2, 0.25) is 5.91 Å². The zero-order valence-electron chi connectivity index (χ0n) is 22.7. The molecule has 1 saturated heterocycles. The van der Waals surface area contributed by atoms with Crippen molar-refractivity contribution in [2.45, 2.75) is 70.4 Å². The fourth-order valence-electron chi connectivity index (χ4n) is 5.49.